The second-order valence-electron chi connectivity index (χ2n) is 7.53. The highest BCUT2D eigenvalue weighted by Gasteiger charge is 2.24. The van der Waals surface area contributed by atoms with E-state index in [1.807, 2.05) is 6.92 Å². The van der Waals surface area contributed by atoms with Crippen LogP contribution in [0.15, 0.2) is 29.2 Å². The number of H-pyrrole nitrogens is 2. The zero-order valence-electron chi connectivity index (χ0n) is 16.5. The van der Waals surface area contributed by atoms with Crippen molar-refractivity contribution in [1.82, 2.24) is 20.2 Å². The third kappa shape index (κ3) is 3.13. The van der Waals surface area contributed by atoms with E-state index in [0.29, 0.717) is 39.8 Å². The van der Waals surface area contributed by atoms with E-state index in [4.69, 9.17) is 10.5 Å². The molecule has 1 fully saturated rings. The first-order valence-corrected chi connectivity index (χ1v) is 9.66. The van der Waals surface area contributed by atoms with E-state index in [2.05, 4.69) is 32.0 Å². The fraction of sp³-hybridized carbons (Fsp3) is 0.227. The minimum Gasteiger partial charge on any atom is -0.394 e. The highest BCUT2D eigenvalue weighted by atomic mass is 19.1. The van der Waals surface area contributed by atoms with Gasteiger partial charge in [0.2, 0.25) is 0 Å². The molecule has 1 aliphatic rings. The van der Waals surface area contributed by atoms with E-state index < -0.39 is 17.5 Å². The summed E-state index contributed by atoms with van der Waals surface area (Å²) in [6.45, 7) is 2.45. The molecular weight excluding hydrogens is 401 g/mol. The Balaban J connectivity index is 1.77. The van der Waals surface area contributed by atoms with Gasteiger partial charge in [-0.2, -0.15) is 5.10 Å². The van der Waals surface area contributed by atoms with Crippen LogP contribution in [0.5, 0.6) is 0 Å². The van der Waals surface area contributed by atoms with E-state index in [9.17, 15) is 14.3 Å². The first-order chi connectivity index (χ1) is 14.9. The second-order valence-corrected chi connectivity index (χ2v) is 7.53. The molecule has 4 aromatic rings. The van der Waals surface area contributed by atoms with Crippen molar-refractivity contribution in [3.05, 3.63) is 51.8 Å². The molecule has 1 saturated heterocycles. The van der Waals surface area contributed by atoms with Crippen molar-refractivity contribution < 1.29 is 14.2 Å². The third-order valence-corrected chi connectivity index (χ3v) is 5.47. The van der Waals surface area contributed by atoms with E-state index in [1.165, 1.54) is 12.3 Å². The number of nitrogen functional groups attached to an aromatic ring is 1. The summed E-state index contributed by atoms with van der Waals surface area (Å²) in [5, 5.41) is 17.0. The molecule has 3 aromatic heterocycles. The lowest BCUT2D eigenvalue weighted by Crippen LogP contribution is -2.16. The van der Waals surface area contributed by atoms with Crippen molar-refractivity contribution in [1.29, 1.82) is 0 Å². The van der Waals surface area contributed by atoms with Crippen LogP contribution in [0.4, 0.5) is 10.1 Å². The zero-order chi connectivity index (χ0) is 21.7. The molecule has 31 heavy (non-hydrogen) atoms. The van der Waals surface area contributed by atoms with E-state index in [-0.39, 0.29) is 23.7 Å². The van der Waals surface area contributed by atoms with Crippen LogP contribution < -0.4 is 11.3 Å². The summed E-state index contributed by atoms with van der Waals surface area (Å²) in [5.74, 6) is 5.28. The number of nitrogens with two attached hydrogens (primary N) is 1. The van der Waals surface area contributed by atoms with Gasteiger partial charge < -0.3 is 20.6 Å². The molecule has 5 N–H and O–H groups in total. The van der Waals surface area contributed by atoms with Crippen LogP contribution in [0.2, 0.25) is 0 Å². The van der Waals surface area contributed by atoms with Crippen molar-refractivity contribution in [3.63, 3.8) is 0 Å². The molecule has 1 aliphatic heterocycles. The number of anilines is 1. The van der Waals surface area contributed by atoms with Crippen molar-refractivity contribution in [3.8, 4) is 23.0 Å². The number of rotatable bonds is 1. The molecule has 4 heterocycles. The number of fused-ring (bicyclic) bond motifs is 2. The van der Waals surface area contributed by atoms with Crippen LogP contribution in [0.1, 0.15) is 11.3 Å². The Morgan fingerprint density at radius 1 is 1.35 bits per heavy atom. The number of aliphatic hydroxyl groups excluding tert-OH is 1. The quantitative estimate of drug-likeness (QED) is 0.349. The van der Waals surface area contributed by atoms with Crippen molar-refractivity contribution in [2.24, 2.45) is 5.92 Å². The van der Waals surface area contributed by atoms with Crippen LogP contribution in [0, 0.1) is 30.5 Å². The molecule has 0 spiro atoms. The molecule has 0 aliphatic carbocycles. The third-order valence-electron chi connectivity index (χ3n) is 5.47. The highest BCUT2D eigenvalue weighted by Crippen LogP contribution is 2.35. The number of halogens is 1. The smallest absolute Gasteiger partial charge is 0.272 e. The fourth-order valence-corrected chi connectivity index (χ4v) is 3.79. The maximum atomic E-state index is 14.2. The van der Waals surface area contributed by atoms with E-state index in [1.54, 1.807) is 12.1 Å². The van der Waals surface area contributed by atoms with Gasteiger partial charge in [0.05, 0.1) is 42.5 Å². The predicted octanol–water partition coefficient (Wildman–Crippen LogP) is 1.85. The largest absolute Gasteiger partial charge is 0.394 e. The summed E-state index contributed by atoms with van der Waals surface area (Å²) in [6, 6.07) is 4.62. The van der Waals surface area contributed by atoms with Crippen molar-refractivity contribution >= 4 is 27.6 Å². The molecule has 0 saturated carbocycles. The Morgan fingerprint density at radius 2 is 2.19 bits per heavy atom. The number of aromatic amines is 2. The average Bonchev–Trinajstić information content (AvgIpc) is 3.39. The first-order valence-electron chi connectivity index (χ1n) is 9.66. The number of pyridine rings is 2. The topological polar surface area (TPSA) is 130 Å². The monoisotopic (exact) mass is 419 g/mol. The van der Waals surface area contributed by atoms with Crippen LogP contribution in [0.3, 0.4) is 0 Å². The lowest BCUT2D eigenvalue weighted by atomic mass is 9.98. The number of benzene rings is 1. The normalized spacial score (nSPS) is 18.4. The molecule has 2 atom stereocenters. The SMILES string of the molecule is Cc1cc2[nH]c(=O)c(N)c(-c3ccc(F)c4[nH]ncc34)c2nc1C#CC1COCC1O. The van der Waals surface area contributed by atoms with Crippen LogP contribution in [-0.2, 0) is 4.74 Å². The Morgan fingerprint density at radius 3 is 2.97 bits per heavy atom. The number of aryl methyl sites for hydroxylation is 1. The van der Waals surface area contributed by atoms with E-state index >= 15 is 0 Å². The van der Waals surface area contributed by atoms with Gasteiger partial charge in [-0.1, -0.05) is 12.0 Å². The minimum absolute atomic E-state index is 0.0310. The standard InChI is InChI=1S/C22H18FN5O3/c1-10-6-16-21(26-15(10)5-2-11-8-31-9-17(11)29)18(19(24)22(30)27-16)12-3-4-14(23)20-13(12)7-25-28-20/h3-4,6-7,11,17,29H,8-9,24H2,1H3,(H,25,28)(H,27,30). The lowest BCUT2D eigenvalue weighted by Gasteiger charge is -2.12. The van der Waals surface area contributed by atoms with Gasteiger partial charge in [-0.05, 0) is 36.1 Å². The number of aromatic nitrogens is 4. The van der Waals surface area contributed by atoms with Crippen molar-refractivity contribution in [2.75, 3.05) is 18.9 Å². The van der Waals surface area contributed by atoms with Gasteiger partial charge in [0.15, 0.2) is 0 Å². The van der Waals surface area contributed by atoms with Crippen LogP contribution >= 0.6 is 0 Å². The molecule has 1 aromatic carbocycles. The number of nitrogens with one attached hydrogen (secondary N) is 2. The molecule has 0 amide bonds. The molecule has 0 bridgehead atoms. The Hall–Kier alpha value is -3.74. The summed E-state index contributed by atoms with van der Waals surface area (Å²) in [7, 11) is 0. The van der Waals surface area contributed by atoms with Gasteiger partial charge in [-0.15, -0.1) is 0 Å². The molecule has 5 rings (SSSR count). The summed E-state index contributed by atoms with van der Waals surface area (Å²) < 4.78 is 19.4. The van der Waals surface area contributed by atoms with E-state index in [0.717, 1.165) is 5.56 Å². The zero-order valence-corrected chi connectivity index (χ0v) is 16.5. The first kappa shape index (κ1) is 19.2. The van der Waals surface area contributed by atoms with Gasteiger partial charge in [0.1, 0.15) is 22.7 Å². The number of aliphatic hydroxyl groups is 1. The maximum absolute atomic E-state index is 14.2. The Labute approximate surface area is 175 Å². The number of hydrogen-bond acceptors (Lipinski definition) is 6. The number of nitrogens with zero attached hydrogens (tertiary/aromatic N) is 2. The lowest BCUT2D eigenvalue weighted by molar-refractivity contribution is 0.123. The number of ether oxygens (including phenoxy) is 1. The van der Waals surface area contributed by atoms with Gasteiger partial charge in [-0.25, -0.2) is 9.37 Å². The highest BCUT2D eigenvalue weighted by molar-refractivity contribution is 6.06. The number of hydrogen-bond donors (Lipinski definition) is 4. The van der Waals surface area contributed by atoms with Crippen LogP contribution in [0.25, 0.3) is 33.1 Å². The molecule has 0 radical (unpaired) electrons. The summed E-state index contributed by atoms with van der Waals surface area (Å²) in [5.41, 5.74) is 8.98. The summed E-state index contributed by atoms with van der Waals surface area (Å²) in [4.78, 5) is 20.0. The Kier molecular flexibility index (Phi) is 4.46. The molecule has 8 nitrogen and oxygen atoms in total. The Bertz CT molecular complexity index is 1460. The summed E-state index contributed by atoms with van der Waals surface area (Å²) in [6.07, 6.45) is 0.848. The molecule has 2 unspecified atom stereocenters. The van der Waals surface area contributed by atoms with Crippen LogP contribution in [-0.4, -0.2) is 44.6 Å². The minimum atomic E-state index is -0.635. The second kappa shape index (κ2) is 7.19. The predicted molar refractivity (Wildman–Crippen MR) is 114 cm³/mol. The van der Waals surface area contributed by atoms with Gasteiger partial charge >= 0.3 is 0 Å². The van der Waals surface area contributed by atoms with Crippen molar-refractivity contribution in [2.45, 2.75) is 13.0 Å². The average molecular weight is 419 g/mol. The fourth-order valence-electron chi connectivity index (χ4n) is 3.79. The van der Waals surface area contributed by atoms with Gasteiger partial charge in [-0.3, -0.25) is 9.89 Å². The molecule has 156 valence electrons. The summed E-state index contributed by atoms with van der Waals surface area (Å²) >= 11 is 0. The van der Waals surface area contributed by atoms with Gasteiger partial charge in [0.25, 0.3) is 5.56 Å². The molecular formula is C22H18FN5O3. The van der Waals surface area contributed by atoms with Gasteiger partial charge in [0, 0.05) is 10.9 Å². The maximum Gasteiger partial charge on any atom is 0.272 e. The molecule has 9 heteroatoms.